The first-order valence-electron chi connectivity index (χ1n) is 12.1. The summed E-state index contributed by atoms with van der Waals surface area (Å²) < 4.78 is 57.8. The number of rotatable bonds is 8. The zero-order valence-corrected chi connectivity index (χ0v) is 20.6. The number of nitrogens with zero attached hydrogens (tertiary/aromatic N) is 2. The van der Waals surface area contributed by atoms with Gasteiger partial charge in [0.05, 0.1) is 18.3 Å². The molecule has 0 aliphatic carbocycles. The van der Waals surface area contributed by atoms with Crippen LogP contribution in [0.4, 0.5) is 13.2 Å². The fraction of sp³-hybridized carbons (Fsp3) is 0.370. The highest BCUT2D eigenvalue weighted by Crippen LogP contribution is 2.42. The molecule has 4 rings (SSSR count). The van der Waals surface area contributed by atoms with Crippen molar-refractivity contribution in [2.75, 3.05) is 19.8 Å². The van der Waals surface area contributed by atoms with Crippen molar-refractivity contribution in [1.29, 1.82) is 0 Å². The lowest BCUT2D eigenvalue weighted by Gasteiger charge is -2.27. The lowest BCUT2D eigenvalue weighted by molar-refractivity contribution is 0.0132. The number of ether oxygens (including phenoxy) is 2. The van der Waals surface area contributed by atoms with Crippen LogP contribution in [0.1, 0.15) is 55.3 Å². The first kappa shape index (κ1) is 26.6. The van der Waals surface area contributed by atoms with Gasteiger partial charge in [0.15, 0.2) is 5.82 Å². The molecule has 1 saturated heterocycles. The molecule has 3 heterocycles. The van der Waals surface area contributed by atoms with E-state index in [-0.39, 0.29) is 41.8 Å². The van der Waals surface area contributed by atoms with Gasteiger partial charge in [-0.25, -0.2) is 18.2 Å². The summed E-state index contributed by atoms with van der Waals surface area (Å²) in [4.78, 5) is 21.6. The van der Waals surface area contributed by atoms with E-state index in [9.17, 15) is 4.79 Å². The van der Waals surface area contributed by atoms with Gasteiger partial charge in [-0.3, -0.25) is 9.78 Å². The van der Waals surface area contributed by atoms with Crippen LogP contribution in [-0.2, 0) is 4.74 Å². The van der Waals surface area contributed by atoms with E-state index < -0.39 is 40.7 Å². The highest BCUT2D eigenvalue weighted by molar-refractivity contribution is 6.00. The maximum Gasteiger partial charge on any atom is 0.270 e. The number of carbonyl (C=O) groups excluding carboxylic acids is 1. The fourth-order valence-corrected chi connectivity index (χ4v) is 4.34. The Labute approximate surface area is 212 Å². The lowest BCUT2D eigenvalue weighted by atomic mass is 9.89. The fourth-order valence-electron chi connectivity index (χ4n) is 4.34. The average molecular weight is 516 g/mol. The number of amides is 1. The SMILES string of the molecule is CC(C)NC(=O)c1nc(-c2c(F)cc(OCCO)cc2F)c(F)c(C2CCCCO2)c1-c1cccnc1. The molecule has 1 amide bonds. The minimum Gasteiger partial charge on any atom is -0.491 e. The van der Waals surface area contributed by atoms with E-state index in [1.165, 1.54) is 12.4 Å². The van der Waals surface area contributed by atoms with Crippen molar-refractivity contribution in [1.82, 2.24) is 15.3 Å². The summed E-state index contributed by atoms with van der Waals surface area (Å²) in [6, 6.07) is 4.79. The van der Waals surface area contributed by atoms with Gasteiger partial charge >= 0.3 is 0 Å². The molecule has 1 atom stereocenters. The van der Waals surface area contributed by atoms with Crippen LogP contribution in [0.2, 0.25) is 0 Å². The Bertz CT molecular complexity index is 1240. The van der Waals surface area contributed by atoms with Crippen molar-refractivity contribution in [2.45, 2.75) is 45.3 Å². The minimum atomic E-state index is -1.13. The van der Waals surface area contributed by atoms with Crippen LogP contribution < -0.4 is 10.1 Å². The van der Waals surface area contributed by atoms with Crippen LogP contribution in [0.3, 0.4) is 0 Å². The molecule has 1 aromatic carbocycles. The van der Waals surface area contributed by atoms with Crippen molar-refractivity contribution in [3.63, 3.8) is 0 Å². The van der Waals surface area contributed by atoms with Crippen LogP contribution in [0, 0.1) is 17.5 Å². The molecule has 10 heteroatoms. The molecule has 196 valence electrons. The molecule has 37 heavy (non-hydrogen) atoms. The number of halogens is 3. The van der Waals surface area contributed by atoms with E-state index in [0.29, 0.717) is 18.6 Å². The normalized spacial score (nSPS) is 15.6. The molecule has 1 fully saturated rings. The predicted octanol–water partition coefficient (Wildman–Crippen LogP) is 4.98. The van der Waals surface area contributed by atoms with Gasteiger partial charge < -0.3 is 19.9 Å². The van der Waals surface area contributed by atoms with Crippen molar-refractivity contribution in [2.24, 2.45) is 0 Å². The number of hydrogen-bond acceptors (Lipinski definition) is 6. The van der Waals surface area contributed by atoms with Gasteiger partial charge in [0, 0.05) is 53.9 Å². The third-order valence-corrected chi connectivity index (χ3v) is 5.87. The summed E-state index contributed by atoms with van der Waals surface area (Å²) >= 11 is 0. The second-order valence-electron chi connectivity index (χ2n) is 8.97. The molecule has 0 saturated carbocycles. The number of aliphatic hydroxyl groups excluding tert-OH is 1. The quantitative estimate of drug-likeness (QED) is 0.440. The topological polar surface area (TPSA) is 93.6 Å². The van der Waals surface area contributed by atoms with E-state index in [1.807, 2.05) is 0 Å². The summed E-state index contributed by atoms with van der Waals surface area (Å²) in [5, 5.41) is 11.7. The van der Waals surface area contributed by atoms with Gasteiger partial charge in [0.2, 0.25) is 0 Å². The summed E-state index contributed by atoms with van der Waals surface area (Å²) in [5.41, 5.74) is -0.972. The van der Waals surface area contributed by atoms with Gasteiger partial charge in [-0.15, -0.1) is 0 Å². The van der Waals surface area contributed by atoms with Crippen LogP contribution >= 0.6 is 0 Å². The van der Waals surface area contributed by atoms with Crippen molar-refractivity contribution >= 4 is 5.91 Å². The zero-order valence-electron chi connectivity index (χ0n) is 20.6. The molecule has 1 aliphatic rings. The Kier molecular flexibility index (Phi) is 8.40. The van der Waals surface area contributed by atoms with E-state index in [1.54, 1.807) is 26.0 Å². The number of aliphatic hydroxyl groups is 1. The average Bonchev–Trinajstić information content (AvgIpc) is 2.88. The van der Waals surface area contributed by atoms with Crippen molar-refractivity contribution in [3.05, 3.63) is 65.4 Å². The van der Waals surface area contributed by atoms with Gasteiger partial charge in [-0.05, 0) is 39.2 Å². The monoisotopic (exact) mass is 515 g/mol. The van der Waals surface area contributed by atoms with Crippen molar-refractivity contribution < 1.29 is 32.5 Å². The van der Waals surface area contributed by atoms with E-state index in [4.69, 9.17) is 14.6 Å². The molecule has 0 radical (unpaired) electrons. The lowest BCUT2D eigenvalue weighted by Crippen LogP contribution is -2.32. The van der Waals surface area contributed by atoms with Crippen LogP contribution in [-0.4, -0.2) is 46.8 Å². The number of nitrogens with one attached hydrogen (secondary N) is 1. The maximum absolute atomic E-state index is 16.4. The van der Waals surface area contributed by atoms with Gasteiger partial charge in [0.1, 0.15) is 35.4 Å². The molecular weight excluding hydrogens is 487 g/mol. The van der Waals surface area contributed by atoms with Crippen molar-refractivity contribution in [3.8, 4) is 28.1 Å². The smallest absolute Gasteiger partial charge is 0.270 e. The van der Waals surface area contributed by atoms with Crippen LogP contribution in [0.5, 0.6) is 5.75 Å². The molecule has 7 nitrogen and oxygen atoms in total. The Hall–Kier alpha value is -3.50. The van der Waals surface area contributed by atoms with Gasteiger partial charge in [-0.2, -0.15) is 0 Å². The first-order valence-corrected chi connectivity index (χ1v) is 12.1. The Morgan fingerprint density at radius 3 is 2.57 bits per heavy atom. The summed E-state index contributed by atoms with van der Waals surface area (Å²) in [7, 11) is 0. The maximum atomic E-state index is 16.4. The third kappa shape index (κ3) is 5.75. The molecular formula is C27H28F3N3O4. The summed E-state index contributed by atoms with van der Waals surface area (Å²) in [6.45, 7) is 3.36. The van der Waals surface area contributed by atoms with Crippen LogP contribution in [0.15, 0.2) is 36.7 Å². The van der Waals surface area contributed by atoms with E-state index in [0.717, 1.165) is 25.0 Å². The summed E-state index contributed by atoms with van der Waals surface area (Å²) in [5.74, 6) is -4.03. The van der Waals surface area contributed by atoms with E-state index >= 15 is 13.2 Å². The Morgan fingerprint density at radius 2 is 1.97 bits per heavy atom. The Balaban J connectivity index is 2.01. The highest BCUT2D eigenvalue weighted by Gasteiger charge is 2.33. The zero-order chi connectivity index (χ0) is 26.5. The second kappa shape index (κ2) is 11.7. The third-order valence-electron chi connectivity index (χ3n) is 5.87. The second-order valence-corrected chi connectivity index (χ2v) is 8.97. The van der Waals surface area contributed by atoms with Gasteiger partial charge in [0.25, 0.3) is 5.91 Å². The first-order chi connectivity index (χ1) is 17.8. The highest BCUT2D eigenvalue weighted by atomic mass is 19.1. The van der Waals surface area contributed by atoms with Gasteiger partial charge in [-0.1, -0.05) is 6.07 Å². The molecule has 3 aromatic rings. The minimum absolute atomic E-state index is 0.00557. The molecule has 1 aliphatic heterocycles. The number of benzene rings is 1. The molecule has 1 unspecified atom stereocenters. The molecule has 0 spiro atoms. The summed E-state index contributed by atoms with van der Waals surface area (Å²) in [6.07, 6.45) is 4.26. The standard InChI is InChI=1S/C27H28F3N3O4/c1-15(2)32-27(35)26-21(16-6-5-8-31-14-16)23(20-7-3-4-10-37-20)24(30)25(33-26)22-18(28)12-17(13-19(22)29)36-11-9-34/h5-6,8,12-15,20,34H,3-4,7,9-11H2,1-2H3,(H,32,35). The number of pyridine rings is 2. The molecule has 0 bridgehead atoms. The molecule has 2 aromatic heterocycles. The van der Waals surface area contributed by atoms with E-state index in [2.05, 4.69) is 15.3 Å². The number of carbonyl (C=O) groups is 1. The molecule has 2 N–H and O–H groups in total. The number of aromatic nitrogens is 2. The largest absolute Gasteiger partial charge is 0.491 e. The predicted molar refractivity (Wildman–Crippen MR) is 131 cm³/mol. The number of hydrogen-bond donors (Lipinski definition) is 2. The Morgan fingerprint density at radius 1 is 1.22 bits per heavy atom. The van der Waals surface area contributed by atoms with Crippen LogP contribution in [0.25, 0.3) is 22.4 Å².